The molecule has 1 rings (SSSR count). The van der Waals surface area contributed by atoms with Gasteiger partial charge >= 0.3 is 0 Å². The number of rotatable bonds is 6. The van der Waals surface area contributed by atoms with Crippen molar-refractivity contribution in [1.82, 2.24) is 9.80 Å². The Balaban J connectivity index is 2.36. The topological polar surface area (TPSA) is 32.5 Å². The average molecular weight is 284 g/mol. The van der Waals surface area contributed by atoms with Crippen molar-refractivity contribution < 1.29 is 0 Å². The van der Waals surface area contributed by atoms with Gasteiger partial charge in [0.15, 0.2) is 0 Å². The summed E-state index contributed by atoms with van der Waals surface area (Å²) in [5.74, 6) is 0.759. The van der Waals surface area contributed by atoms with Gasteiger partial charge in [-0.1, -0.05) is 20.8 Å². The maximum Gasteiger partial charge on any atom is 0.0195 e. The number of nitrogens with zero attached hydrogens (tertiary/aromatic N) is 2. The largest absolute Gasteiger partial charge is 0.330 e. The van der Waals surface area contributed by atoms with E-state index in [1.807, 2.05) is 0 Å². The van der Waals surface area contributed by atoms with Crippen LogP contribution in [0.2, 0.25) is 0 Å². The molecule has 3 atom stereocenters. The van der Waals surface area contributed by atoms with Crippen LogP contribution in [0.4, 0.5) is 0 Å². The van der Waals surface area contributed by atoms with Crippen LogP contribution in [0.5, 0.6) is 0 Å². The van der Waals surface area contributed by atoms with Crippen molar-refractivity contribution in [1.29, 1.82) is 0 Å². The fourth-order valence-corrected chi connectivity index (χ4v) is 3.47. The van der Waals surface area contributed by atoms with Gasteiger partial charge in [-0.15, -0.1) is 0 Å². The Morgan fingerprint density at radius 2 is 1.65 bits per heavy atom. The molecule has 0 aromatic rings. The molecule has 0 saturated carbocycles. The Labute approximate surface area is 126 Å². The Bertz CT molecular complexity index is 260. The van der Waals surface area contributed by atoms with Crippen LogP contribution in [-0.2, 0) is 0 Å². The lowest BCUT2D eigenvalue weighted by atomic mass is 9.76. The van der Waals surface area contributed by atoms with Crippen LogP contribution in [0.15, 0.2) is 0 Å². The first-order valence-corrected chi connectivity index (χ1v) is 8.40. The molecule has 2 N–H and O–H groups in total. The zero-order chi connectivity index (χ0) is 15.3. The third-order valence-electron chi connectivity index (χ3n) is 5.20. The molecule has 0 aromatic heterocycles. The van der Waals surface area contributed by atoms with E-state index in [2.05, 4.69) is 51.5 Å². The highest BCUT2D eigenvalue weighted by Gasteiger charge is 2.27. The second-order valence-corrected chi connectivity index (χ2v) is 7.91. The number of piperazine rings is 1. The highest BCUT2D eigenvalue weighted by atomic mass is 15.3. The second-order valence-electron chi connectivity index (χ2n) is 7.91. The summed E-state index contributed by atoms with van der Waals surface area (Å²) < 4.78 is 0. The first-order chi connectivity index (χ1) is 9.25. The predicted octanol–water partition coefficient (Wildman–Crippen LogP) is 2.80. The molecule has 20 heavy (non-hydrogen) atoms. The monoisotopic (exact) mass is 283 g/mol. The summed E-state index contributed by atoms with van der Waals surface area (Å²) in [4.78, 5) is 5.15. The molecule has 1 aliphatic rings. The van der Waals surface area contributed by atoms with E-state index < -0.39 is 0 Å². The minimum absolute atomic E-state index is 0.391. The zero-order valence-electron chi connectivity index (χ0n) is 14.7. The first kappa shape index (κ1) is 17.9. The van der Waals surface area contributed by atoms with Crippen molar-refractivity contribution in [3.8, 4) is 0 Å². The average Bonchev–Trinajstić information content (AvgIpc) is 2.33. The van der Waals surface area contributed by atoms with Crippen LogP contribution in [0.25, 0.3) is 0 Å². The van der Waals surface area contributed by atoms with E-state index >= 15 is 0 Å². The van der Waals surface area contributed by atoms with Crippen LogP contribution >= 0.6 is 0 Å². The summed E-state index contributed by atoms with van der Waals surface area (Å²) in [6.45, 7) is 16.3. The molecule has 0 aliphatic carbocycles. The van der Waals surface area contributed by atoms with Crippen LogP contribution in [-0.4, -0.2) is 55.1 Å². The smallest absolute Gasteiger partial charge is 0.0195 e. The molecular weight excluding hydrogens is 246 g/mol. The maximum atomic E-state index is 5.78. The minimum Gasteiger partial charge on any atom is -0.330 e. The molecule has 0 amide bonds. The van der Waals surface area contributed by atoms with Gasteiger partial charge in [0.05, 0.1) is 0 Å². The van der Waals surface area contributed by atoms with Crippen molar-refractivity contribution in [3.63, 3.8) is 0 Å². The van der Waals surface area contributed by atoms with E-state index in [0.717, 1.165) is 12.5 Å². The fourth-order valence-electron chi connectivity index (χ4n) is 3.47. The van der Waals surface area contributed by atoms with Gasteiger partial charge in [0.1, 0.15) is 0 Å². The van der Waals surface area contributed by atoms with Gasteiger partial charge in [0, 0.05) is 25.2 Å². The van der Waals surface area contributed by atoms with Gasteiger partial charge in [-0.05, 0) is 64.6 Å². The van der Waals surface area contributed by atoms with Crippen LogP contribution in [0, 0.1) is 11.3 Å². The van der Waals surface area contributed by atoms with E-state index in [-0.39, 0.29) is 0 Å². The Hall–Kier alpha value is -0.120. The maximum absolute atomic E-state index is 5.78. The normalized spacial score (nSPS) is 27.8. The summed E-state index contributed by atoms with van der Waals surface area (Å²) in [7, 11) is 2.25. The number of nitrogens with two attached hydrogens (primary N) is 1. The summed E-state index contributed by atoms with van der Waals surface area (Å²) in [5.41, 5.74) is 6.17. The van der Waals surface area contributed by atoms with E-state index in [9.17, 15) is 0 Å². The molecule has 1 fully saturated rings. The Morgan fingerprint density at radius 3 is 2.10 bits per heavy atom. The quantitative estimate of drug-likeness (QED) is 0.813. The third-order valence-corrected chi connectivity index (χ3v) is 5.20. The van der Waals surface area contributed by atoms with Gasteiger partial charge in [0.25, 0.3) is 0 Å². The predicted molar refractivity (Wildman–Crippen MR) is 89.0 cm³/mol. The Kier molecular flexibility index (Phi) is 6.96. The molecule has 0 aromatic carbocycles. The zero-order valence-corrected chi connectivity index (χ0v) is 14.7. The first-order valence-electron chi connectivity index (χ1n) is 8.40. The van der Waals surface area contributed by atoms with E-state index in [0.29, 0.717) is 17.5 Å². The molecule has 1 saturated heterocycles. The van der Waals surface area contributed by atoms with E-state index in [1.54, 1.807) is 0 Å². The second kappa shape index (κ2) is 7.77. The number of likely N-dealkylation sites (N-methyl/N-ethyl adjacent to an activating group) is 1. The summed E-state index contributed by atoms with van der Waals surface area (Å²) in [6.07, 6.45) is 3.79. The molecule has 3 nitrogen and oxygen atoms in total. The highest BCUT2D eigenvalue weighted by Crippen LogP contribution is 2.32. The fraction of sp³-hybridized carbons (Fsp3) is 1.00. The summed E-state index contributed by atoms with van der Waals surface area (Å²) in [5, 5.41) is 0. The van der Waals surface area contributed by atoms with Crippen molar-refractivity contribution in [2.45, 2.75) is 66.0 Å². The van der Waals surface area contributed by atoms with Gasteiger partial charge in [-0.25, -0.2) is 0 Å². The van der Waals surface area contributed by atoms with Crippen LogP contribution in [0.1, 0.15) is 53.9 Å². The molecule has 1 aliphatic heterocycles. The molecule has 3 unspecified atom stereocenters. The van der Waals surface area contributed by atoms with Gasteiger partial charge in [-0.3, -0.25) is 4.90 Å². The lowest BCUT2D eigenvalue weighted by Crippen LogP contribution is -2.54. The van der Waals surface area contributed by atoms with Gasteiger partial charge < -0.3 is 10.6 Å². The molecule has 3 heteroatoms. The summed E-state index contributed by atoms with van der Waals surface area (Å²) >= 11 is 0. The standard InChI is InChI=1S/C17H37N3/c1-14-12-20(13-15(2)19(14)6)11-7-8-16(9-10-18)17(3,4)5/h14-16H,7-13,18H2,1-6H3. The molecule has 1 heterocycles. The van der Waals surface area contributed by atoms with Crippen LogP contribution < -0.4 is 5.73 Å². The minimum atomic E-state index is 0.391. The van der Waals surface area contributed by atoms with Crippen molar-refractivity contribution in [2.24, 2.45) is 17.1 Å². The lowest BCUT2D eigenvalue weighted by molar-refractivity contribution is 0.0569. The Morgan fingerprint density at radius 1 is 1.10 bits per heavy atom. The highest BCUT2D eigenvalue weighted by molar-refractivity contribution is 4.83. The molecule has 120 valence electrons. The summed E-state index contributed by atoms with van der Waals surface area (Å²) in [6, 6.07) is 1.36. The van der Waals surface area contributed by atoms with Gasteiger partial charge in [-0.2, -0.15) is 0 Å². The van der Waals surface area contributed by atoms with Crippen molar-refractivity contribution in [2.75, 3.05) is 33.2 Å². The SMILES string of the molecule is CC1CN(CCCC(CCN)C(C)(C)C)CC(C)N1C. The molecule has 0 radical (unpaired) electrons. The van der Waals surface area contributed by atoms with Crippen LogP contribution in [0.3, 0.4) is 0 Å². The van der Waals surface area contributed by atoms with E-state index in [4.69, 9.17) is 5.73 Å². The van der Waals surface area contributed by atoms with Gasteiger partial charge in [0.2, 0.25) is 0 Å². The van der Waals surface area contributed by atoms with Crippen molar-refractivity contribution >= 4 is 0 Å². The molecular formula is C17H37N3. The molecule has 0 bridgehead atoms. The number of hydrogen-bond acceptors (Lipinski definition) is 3. The lowest BCUT2D eigenvalue weighted by Gasteiger charge is -2.42. The van der Waals surface area contributed by atoms with E-state index in [1.165, 1.54) is 38.9 Å². The van der Waals surface area contributed by atoms with Crippen molar-refractivity contribution in [3.05, 3.63) is 0 Å². The number of hydrogen-bond donors (Lipinski definition) is 1. The third kappa shape index (κ3) is 5.34. The molecule has 0 spiro atoms.